The monoisotopic (exact) mass is 268 g/mol. The van der Waals surface area contributed by atoms with E-state index in [2.05, 4.69) is 48.6 Å². The third-order valence-electron chi connectivity index (χ3n) is 4.48. The highest BCUT2D eigenvalue weighted by Gasteiger charge is 2.25. The van der Waals surface area contributed by atoms with E-state index in [1.54, 1.807) is 0 Å². The van der Waals surface area contributed by atoms with Crippen LogP contribution in [-0.4, -0.2) is 11.5 Å². The Morgan fingerprint density at radius 1 is 1.10 bits per heavy atom. The average molecular weight is 268 g/mol. The summed E-state index contributed by atoms with van der Waals surface area (Å²) in [4.78, 5) is 4.91. The van der Waals surface area contributed by atoms with Gasteiger partial charge in [0.15, 0.2) is 0 Å². The minimum atomic E-state index is 0.421. The Balaban J connectivity index is 1.91. The number of nitrogens with zero attached hydrogens (tertiary/aromatic N) is 1. The molecule has 0 bridgehead atoms. The van der Waals surface area contributed by atoms with Crippen LogP contribution < -0.4 is 5.32 Å². The molecule has 2 heteroatoms. The number of hydrogen-bond donors (Lipinski definition) is 1. The number of fused-ring (bicyclic) bond motifs is 1. The van der Waals surface area contributed by atoms with Gasteiger partial charge in [0.05, 0.1) is 17.3 Å². The molecule has 1 atom stereocenters. The van der Waals surface area contributed by atoms with E-state index in [9.17, 15) is 0 Å². The van der Waals surface area contributed by atoms with Crippen LogP contribution in [-0.2, 0) is 0 Å². The third-order valence-corrected chi connectivity index (χ3v) is 4.48. The molecule has 1 unspecified atom stereocenters. The van der Waals surface area contributed by atoms with Crippen LogP contribution in [0.1, 0.15) is 50.8 Å². The van der Waals surface area contributed by atoms with Crippen molar-refractivity contribution in [1.29, 1.82) is 0 Å². The Morgan fingerprint density at radius 3 is 2.70 bits per heavy atom. The summed E-state index contributed by atoms with van der Waals surface area (Å²) in [7, 11) is 0. The summed E-state index contributed by atoms with van der Waals surface area (Å²) in [6.07, 6.45) is 6.83. The van der Waals surface area contributed by atoms with Gasteiger partial charge in [0, 0.05) is 5.39 Å². The molecule has 3 rings (SSSR count). The topological polar surface area (TPSA) is 24.9 Å². The summed E-state index contributed by atoms with van der Waals surface area (Å²) in [6, 6.07) is 13.2. The summed E-state index contributed by atoms with van der Waals surface area (Å²) < 4.78 is 0. The summed E-state index contributed by atoms with van der Waals surface area (Å²) in [5.74, 6) is 0.748. The summed E-state index contributed by atoms with van der Waals surface area (Å²) in [5.41, 5.74) is 2.33. The first-order valence-corrected chi connectivity index (χ1v) is 7.97. The Hall–Kier alpha value is -1.41. The van der Waals surface area contributed by atoms with Crippen LogP contribution >= 0.6 is 0 Å². The van der Waals surface area contributed by atoms with Crippen LogP contribution in [0, 0.1) is 5.92 Å². The summed E-state index contributed by atoms with van der Waals surface area (Å²) in [6.45, 7) is 3.20. The first-order valence-electron chi connectivity index (χ1n) is 7.97. The van der Waals surface area contributed by atoms with Gasteiger partial charge in [0.25, 0.3) is 0 Å². The van der Waals surface area contributed by atoms with E-state index >= 15 is 0 Å². The molecule has 0 aliphatic heterocycles. The fourth-order valence-corrected chi connectivity index (χ4v) is 3.46. The smallest absolute Gasteiger partial charge is 0.0706 e. The second-order valence-corrected chi connectivity index (χ2v) is 5.86. The first kappa shape index (κ1) is 13.6. The predicted octanol–water partition coefficient (Wildman–Crippen LogP) is 4.47. The molecule has 2 aromatic rings. The quantitative estimate of drug-likeness (QED) is 0.885. The van der Waals surface area contributed by atoms with Crippen molar-refractivity contribution in [3.63, 3.8) is 0 Å². The Morgan fingerprint density at radius 2 is 1.90 bits per heavy atom. The van der Waals surface area contributed by atoms with Gasteiger partial charge in [-0.15, -0.1) is 0 Å². The molecule has 106 valence electrons. The zero-order valence-electron chi connectivity index (χ0n) is 12.3. The van der Waals surface area contributed by atoms with E-state index < -0.39 is 0 Å². The van der Waals surface area contributed by atoms with Crippen LogP contribution in [0.15, 0.2) is 36.4 Å². The second kappa shape index (κ2) is 6.36. The fourth-order valence-electron chi connectivity index (χ4n) is 3.46. The van der Waals surface area contributed by atoms with Gasteiger partial charge in [-0.1, -0.05) is 50.5 Å². The summed E-state index contributed by atoms with van der Waals surface area (Å²) in [5, 5.41) is 4.90. The van der Waals surface area contributed by atoms with Gasteiger partial charge >= 0.3 is 0 Å². The molecule has 2 nitrogen and oxygen atoms in total. The minimum Gasteiger partial charge on any atom is -0.309 e. The van der Waals surface area contributed by atoms with E-state index in [0.717, 1.165) is 18.0 Å². The summed E-state index contributed by atoms with van der Waals surface area (Å²) >= 11 is 0. The highest BCUT2D eigenvalue weighted by molar-refractivity contribution is 5.78. The molecule has 0 amide bonds. The van der Waals surface area contributed by atoms with Gasteiger partial charge in [-0.3, -0.25) is 4.98 Å². The molecule has 0 spiro atoms. The first-order chi connectivity index (χ1) is 9.88. The van der Waals surface area contributed by atoms with E-state index in [1.807, 2.05) is 0 Å². The maximum atomic E-state index is 4.91. The van der Waals surface area contributed by atoms with Gasteiger partial charge in [0.2, 0.25) is 0 Å². The van der Waals surface area contributed by atoms with Crippen molar-refractivity contribution in [2.75, 3.05) is 6.54 Å². The molecular weight excluding hydrogens is 244 g/mol. The molecule has 1 aliphatic rings. The normalized spacial score (nSPS) is 18.2. The lowest BCUT2D eigenvalue weighted by atomic mass is 9.82. The third kappa shape index (κ3) is 2.85. The second-order valence-electron chi connectivity index (χ2n) is 5.86. The lowest BCUT2D eigenvalue weighted by molar-refractivity contribution is 0.271. The number of aromatic nitrogens is 1. The van der Waals surface area contributed by atoms with Gasteiger partial charge in [0.1, 0.15) is 0 Å². The predicted molar refractivity (Wildman–Crippen MR) is 84.7 cm³/mol. The molecule has 1 saturated carbocycles. The van der Waals surface area contributed by atoms with Gasteiger partial charge in [-0.25, -0.2) is 0 Å². The van der Waals surface area contributed by atoms with Crippen molar-refractivity contribution in [2.45, 2.75) is 45.1 Å². The molecule has 20 heavy (non-hydrogen) atoms. The van der Waals surface area contributed by atoms with E-state index in [0.29, 0.717) is 6.04 Å². The largest absolute Gasteiger partial charge is 0.309 e. The Bertz CT molecular complexity index is 558. The van der Waals surface area contributed by atoms with Crippen molar-refractivity contribution < 1.29 is 0 Å². The Labute approximate surface area is 121 Å². The molecule has 1 aromatic carbocycles. The molecule has 1 aliphatic carbocycles. The van der Waals surface area contributed by atoms with Crippen molar-refractivity contribution in [3.05, 3.63) is 42.1 Å². The fraction of sp³-hybridized carbons (Fsp3) is 0.500. The molecular formula is C18H24N2. The maximum absolute atomic E-state index is 4.91. The van der Waals surface area contributed by atoms with Gasteiger partial charge < -0.3 is 5.32 Å². The zero-order valence-corrected chi connectivity index (χ0v) is 12.3. The van der Waals surface area contributed by atoms with Crippen LogP contribution in [0.2, 0.25) is 0 Å². The van der Waals surface area contributed by atoms with Crippen molar-refractivity contribution in [2.24, 2.45) is 5.92 Å². The van der Waals surface area contributed by atoms with Crippen LogP contribution in [0.5, 0.6) is 0 Å². The van der Waals surface area contributed by atoms with E-state index in [1.165, 1.54) is 43.2 Å². The van der Waals surface area contributed by atoms with Crippen molar-refractivity contribution in [1.82, 2.24) is 10.3 Å². The van der Waals surface area contributed by atoms with Crippen molar-refractivity contribution in [3.8, 4) is 0 Å². The molecule has 1 aromatic heterocycles. The molecule has 1 fully saturated rings. The van der Waals surface area contributed by atoms with Crippen LogP contribution in [0.3, 0.4) is 0 Å². The molecule has 1 heterocycles. The van der Waals surface area contributed by atoms with E-state index in [4.69, 9.17) is 4.98 Å². The standard InChI is InChI=1S/C18H24N2/c1-2-19-18(15-9-4-3-5-10-15)17-13-12-14-8-6-7-11-16(14)20-17/h6-8,11-13,15,18-19H,2-5,9-10H2,1H3. The highest BCUT2D eigenvalue weighted by atomic mass is 14.9. The molecule has 0 radical (unpaired) electrons. The zero-order chi connectivity index (χ0) is 13.8. The highest BCUT2D eigenvalue weighted by Crippen LogP contribution is 2.34. The number of para-hydroxylation sites is 1. The van der Waals surface area contributed by atoms with Crippen LogP contribution in [0.4, 0.5) is 0 Å². The SMILES string of the molecule is CCNC(c1ccc2ccccc2n1)C1CCCCC1. The van der Waals surface area contributed by atoms with E-state index in [-0.39, 0.29) is 0 Å². The number of nitrogens with one attached hydrogen (secondary N) is 1. The maximum Gasteiger partial charge on any atom is 0.0706 e. The van der Waals surface area contributed by atoms with Gasteiger partial charge in [-0.2, -0.15) is 0 Å². The van der Waals surface area contributed by atoms with Crippen LogP contribution in [0.25, 0.3) is 10.9 Å². The number of benzene rings is 1. The number of hydrogen-bond acceptors (Lipinski definition) is 2. The lowest BCUT2D eigenvalue weighted by Crippen LogP contribution is -2.30. The lowest BCUT2D eigenvalue weighted by Gasteiger charge is -2.30. The Kier molecular flexibility index (Phi) is 4.31. The van der Waals surface area contributed by atoms with Crippen molar-refractivity contribution >= 4 is 10.9 Å². The molecule has 0 saturated heterocycles. The number of pyridine rings is 1. The average Bonchev–Trinajstić information content (AvgIpc) is 2.53. The van der Waals surface area contributed by atoms with Gasteiger partial charge in [-0.05, 0) is 37.4 Å². The number of rotatable bonds is 4. The minimum absolute atomic E-state index is 0.421. The molecule has 1 N–H and O–H groups in total.